The number of benzene rings is 1. The minimum Gasteiger partial charge on any atom is -0.301 e. The van der Waals surface area contributed by atoms with Crippen molar-refractivity contribution in [2.45, 2.75) is 24.3 Å². The van der Waals surface area contributed by atoms with E-state index in [0.717, 1.165) is 0 Å². The number of halogens is 1. The maximum Gasteiger partial charge on any atom is 0.262 e. The number of ketones is 1. The maximum absolute atomic E-state index is 12.2. The lowest BCUT2D eigenvalue weighted by Gasteiger charge is -2.07. The predicted octanol–water partition coefficient (Wildman–Crippen LogP) is 2.83. The van der Waals surface area contributed by atoms with Crippen molar-refractivity contribution in [3.8, 4) is 5.69 Å². The van der Waals surface area contributed by atoms with Gasteiger partial charge < -0.3 is 4.98 Å². The lowest BCUT2D eigenvalue weighted by Crippen LogP contribution is -2.13. The summed E-state index contributed by atoms with van der Waals surface area (Å²) in [6.07, 6.45) is 1.46. The molecule has 2 heterocycles. The third kappa shape index (κ3) is 3.16. The van der Waals surface area contributed by atoms with Crippen LogP contribution in [0.2, 0.25) is 5.02 Å². The van der Waals surface area contributed by atoms with Crippen LogP contribution in [0.5, 0.6) is 0 Å². The third-order valence-corrected chi connectivity index (χ3v) is 4.67. The van der Waals surface area contributed by atoms with E-state index >= 15 is 0 Å². The Balaban J connectivity index is 2.13. The number of aromatic amines is 1. The van der Waals surface area contributed by atoms with Gasteiger partial charge in [0, 0.05) is 5.02 Å². The number of carbonyl (C=O) groups excluding carboxylic acids is 1. The van der Waals surface area contributed by atoms with Gasteiger partial charge >= 0.3 is 0 Å². The molecule has 0 bridgehead atoms. The van der Waals surface area contributed by atoms with E-state index in [0.29, 0.717) is 26.9 Å². The van der Waals surface area contributed by atoms with E-state index in [1.807, 2.05) is 6.07 Å². The minimum absolute atomic E-state index is 0.0149. The number of nitrogens with zero attached hydrogens (tertiary/aromatic N) is 3. The average Bonchev–Trinajstić information content (AvgIpc) is 2.91. The first kappa shape index (κ1) is 15.8. The van der Waals surface area contributed by atoms with Crippen molar-refractivity contribution in [3.05, 3.63) is 45.8 Å². The Hall–Kier alpha value is -2.12. The van der Waals surface area contributed by atoms with Crippen LogP contribution < -0.4 is 5.56 Å². The van der Waals surface area contributed by atoms with Crippen molar-refractivity contribution < 1.29 is 4.79 Å². The van der Waals surface area contributed by atoms with Gasteiger partial charge in [-0.3, -0.25) is 9.59 Å². The number of rotatable bonds is 4. The quantitative estimate of drug-likeness (QED) is 0.579. The smallest absolute Gasteiger partial charge is 0.262 e. The van der Waals surface area contributed by atoms with E-state index in [4.69, 9.17) is 11.6 Å². The summed E-state index contributed by atoms with van der Waals surface area (Å²) in [6, 6.07) is 7.12. The summed E-state index contributed by atoms with van der Waals surface area (Å²) in [7, 11) is 0. The zero-order chi connectivity index (χ0) is 16.6. The van der Waals surface area contributed by atoms with Gasteiger partial charge in [-0.05, 0) is 32.0 Å². The molecule has 0 saturated heterocycles. The Morgan fingerprint density at radius 1 is 1.43 bits per heavy atom. The number of carbonyl (C=O) groups is 1. The van der Waals surface area contributed by atoms with Crippen LogP contribution in [0.25, 0.3) is 16.7 Å². The number of H-pyrrole nitrogens is 1. The van der Waals surface area contributed by atoms with Gasteiger partial charge in [-0.1, -0.05) is 29.4 Å². The van der Waals surface area contributed by atoms with E-state index in [9.17, 15) is 9.59 Å². The molecule has 6 nitrogen and oxygen atoms in total. The second kappa shape index (κ2) is 6.17. The minimum atomic E-state index is -0.293. The molecular weight excluding hydrogens is 336 g/mol. The van der Waals surface area contributed by atoms with Crippen molar-refractivity contribution in [1.29, 1.82) is 0 Å². The second-order valence-electron chi connectivity index (χ2n) is 5.02. The first-order valence-corrected chi connectivity index (χ1v) is 8.12. The summed E-state index contributed by atoms with van der Waals surface area (Å²) in [4.78, 5) is 30.7. The van der Waals surface area contributed by atoms with Crippen LogP contribution in [0.1, 0.15) is 13.8 Å². The molecule has 8 heteroatoms. The first-order valence-electron chi connectivity index (χ1n) is 6.87. The predicted molar refractivity (Wildman–Crippen MR) is 90.5 cm³/mol. The molecule has 0 aliphatic carbocycles. The van der Waals surface area contributed by atoms with E-state index in [2.05, 4.69) is 15.1 Å². The summed E-state index contributed by atoms with van der Waals surface area (Å²) >= 11 is 7.22. The summed E-state index contributed by atoms with van der Waals surface area (Å²) in [5.74, 6) is 0.0149. The highest BCUT2D eigenvalue weighted by molar-refractivity contribution is 8.00. The maximum atomic E-state index is 12.2. The average molecular weight is 349 g/mol. The SMILES string of the molecule is CC(=O)C(C)Sc1nc2c(cnn2-c2cccc(Cl)c2)c(=O)[nH]1. The molecule has 1 N–H and O–H groups in total. The number of thioether (sulfide) groups is 1. The van der Waals surface area contributed by atoms with Gasteiger partial charge in [0.05, 0.1) is 17.1 Å². The zero-order valence-corrected chi connectivity index (χ0v) is 14.0. The van der Waals surface area contributed by atoms with Crippen LogP contribution in [-0.4, -0.2) is 30.8 Å². The Labute approximate surface area is 140 Å². The monoisotopic (exact) mass is 348 g/mol. The summed E-state index contributed by atoms with van der Waals surface area (Å²) < 4.78 is 1.55. The normalized spacial score (nSPS) is 12.5. The molecule has 118 valence electrons. The van der Waals surface area contributed by atoms with Crippen LogP contribution in [0, 0.1) is 0 Å². The standard InChI is InChI=1S/C15H13ClN4O2S/c1-8(21)9(2)23-15-18-13-12(14(22)19-15)7-17-20(13)11-5-3-4-10(16)6-11/h3-7,9H,1-2H3,(H,18,19,22). The van der Waals surface area contributed by atoms with Crippen LogP contribution >= 0.6 is 23.4 Å². The topological polar surface area (TPSA) is 80.6 Å². The third-order valence-electron chi connectivity index (χ3n) is 3.33. The van der Waals surface area contributed by atoms with Crippen molar-refractivity contribution in [2.24, 2.45) is 0 Å². The molecule has 1 unspecified atom stereocenters. The van der Waals surface area contributed by atoms with Crippen LogP contribution in [0.4, 0.5) is 0 Å². The summed E-state index contributed by atoms with van der Waals surface area (Å²) in [5.41, 5.74) is 0.844. The molecule has 0 aliphatic heterocycles. The van der Waals surface area contributed by atoms with Gasteiger partial charge in [0.25, 0.3) is 5.56 Å². The molecule has 3 rings (SSSR count). The van der Waals surface area contributed by atoms with Gasteiger partial charge in [-0.15, -0.1) is 0 Å². The fraction of sp³-hybridized carbons (Fsp3) is 0.200. The van der Waals surface area contributed by atoms with Gasteiger partial charge in [-0.25, -0.2) is 9.67 Å². The molecule has 2 aromatic heterocycles. The number of hydrogen-bond donors (Lipinski definition) is 1. The molecule has 0 aliphatic rings. The highest BCUT2D eigenvalue weighted by atomic mass is 35.5. The zero-order valence-electron chi connectivity index (χ0n) is 12.4. The number of hydrogen-bond acceptors (Lipinski definition) is 5. The molecular formula is C15H13ClN4O2S. The van der Waals surface area contributed by atoms with E-state index in [1.165, 1.54) is 24.9 Å². The van der Waals surface area contributed by atoms with Crippen LogP contribution in [-0.2, 0) is 4.79 Å². The van der Waals surface area contributed by atoms with Crippen LogP contribution in [0.3, 0.4) is 0 Å². The highest BCUT2D eigenvalue weighted by Gasteiger charge is 2.15. The second-order valence-corrected chi connectivity index (χ2v) is 6.78. The fourth-order valence-corrected chi connectivity index (χ4v) is 2.98. The van der Waals surface area contributed by atoms with Crippen molar-refractivity contribution in [2.75, 3.05) is 0 Å². The van der Waals surface area contributed by atoms with E-state index in [1.54, 1.807) is 29.8 Å². The van der Waals surface area contributed by atoms with E-state index < -0.39 is 0 Å². The lowest BCUT2D eigenvalue weighted by atomic mass is 10.3. The highest BCUT2D eigenvalue weighted by Crippen LogP contribution is 2.22. The Morgan fingerprint density at radius 3 is 2.91 bits per heavy atom. The first-order chi connectivity index (χ1) is 11.0. The molecule has 0 spiro atoms. The molecule has 0 amide bonds. The van der Waals surface area contributed by atoms with Crippen molar-refractivity contribution >= 4 is 40.2 Å². The van der Waals surface area contributed by atoms with Gasteiger partial charge in [0.2, 0.25) is 0 Å². The lowest BCUT2D eigenvalue weighted by molar-refractivity contribution is -0.116. The Bertz CT molecular complexity index is 950. The number of Topliss-reactive ketones (excluding diaryl/α,β-unsaturated/α-hetero) is 1. The van der Waals surface area contributed by atoms with Crippen molar-refractivity contribution in [3.63, 3.8) is 0 Å². The molecule has 23 heavy (non-hydrogen) atoms. The van der Waals surface area contributed by atoms with Crippen molar-refractivity contribution in [1.82, 2.24) is 19.7 Å². The summed E-state index contributed by atoms with van der Waals surface area (Å²) in [6.45, 7) is 3.27. The number of fused-ring (bicyclic) bond motifs is 1. The van der Waals surface area contributed by atoms with E-state index in [-0.39, 0.29) is 16.6 Å². The molecule has 3 aromatic rings. The molecule has 1 atom stereocenters. The van der Waals surface area contributed by atoms with Crippen LogP contribution in [0.15, 0.2) is 40.4 Å². The fourth-order valence-electron chi connectivity index (χ4n) is 2.00. The Kier molecular flexibility index (Phi) is 4.23. The van der Waals surface area contributed by atoms with Gasteiger partial charge in [-0.2, -0.15) is 5.10 Å². The Morgan fingerprint density at radius 2 is 2.22 bits per heavy atom. The molecule has 1 aromatic carbocycles. The molecule has 0 fully saturated rings. The molecule has 0 radical (unpaired) electrons. The number of aromatic nitrogens is 4. The number of nitrogens with one attached hydrogen (secondary N) is 1. The van der Waals surface area contributed by atoms with Gasteiger partial charge in [0.15, 0.2) is 10.8 Å². The van der Waals surface area contributed by atoms with Gasteiger partial charge in [0.1, 0.15) is 11.2 Å². The summed E-state index contributed by atoms with van der Waals surface area (Å²) in [5, 5.41) is 5.26. The largest absolute Gasteiger partial charge is 0.301 e. The molecule has 0 saturated carbocycles.